The highest BCUT2D eigenvalue weighted by Gasteiger charge is 2.13. The van der Waals surface area contributed by atoms with E-state index in [1.54, 1.807) is 25.3 Å². The van der Waals surface area contributed by atoms with Crippen LogP contribution >= 0.6 is 0 Å². The van der Waals surface area contributed by atoms with Gasteiger partial charge in [-0.05, 0) is 25.1 Å². The largest absolute Gasteiger partial charge is 0.467 e. The molecule has 0 amide bonds. The van der Waals surface area contributed by atoms with Crippen molar-refractivity contribution in [3.8, 4) is 0 Å². The van der Waals surface area contributed by atoms with E-state index < -0.39 is 17.7 Å². The summed E-state index contributed by atoms with van der Waals surface area (Å²) in [7, 11) is 0. The molecule has 4 nitrogen and oxygen atoms in total. The zero-order valence-corrected chi connectivity index (χ0v) is 12.3. The highest BCUT2D eigenvalue weighted by Crippen LogP contribution is 2.17. The predicted octanol–water partition coefficient (Wildman–Crippen LogP) is 2.79. The second kappa shape index (κ2) is 8.03. The van der Waals surface area contributed by atoms with Gasteiger partial charge in [0.25, 0.3) is 0 Å². The summed E-state index contributed by atoms with van der Waals surface area (Å²) in [6.45, 7) is 2.39. The van der Waals surface area contributed by atoms with Crippen LogP contribution in [0.1, 0.15) is 24.3 Å². The molecule has 0 saturated heterocycles. The average Bonchev–Trinajstić information content (AvgIpc) is 2.98. The van der Waals surface area contributed by atoms with Crippen LogP contribution in [-0.2, 0) is 11.3 Å². The molecule has 0 radical (unpaired) electrons. The van der Waals surface area contributed by atoms with E-state index in [0.717, 1.165) is 6.07 Å². The first-order valence-corrected chi connectivity index (χ1v) is 7.03. The number of rotatable bonds is 8. The van der Waals surface area contributed by atoms with E-state index in [4.69, 9.17) is 9.15 Å². The lowest BCUT2D eigenvalue weighted by atomic mass is 10.1. The average molecular weight is 311 g/mol. The number of benzene rings is 1. The van der Waals surface area contributed by atoms with Gasteiger partial charge in [-0.3, -0.25) is 0 Å². The van der Waals surface area contributed by atoms with E-state index in [1.807, 2.05) is 0 Å². The van der Waals surface area contributed by atoms with Gasteiger partial charge in [0.1, 0.15) is 24.0 Å². The lowest BCUT2D eigenvalue weighted by molar-refractivity contribution is 0.0217. The van der Waals surface area contributed by atoms with Gasteiger partial charge in [0.15, 0.2) is 0 Å². The summed E-state index contributed by atoms with van der Waals surface area (Å²) >= 11 is 0. The van der Waals surface area contributed by atoms with Crippen LogP contribution in [0.15, 0.2) is 41.0 Å². The Morgan fingerprint density at radius 2 is 2.14 bits per heavy atom. The number of hydrogen-bond donors (Lipinski definition) is 2. The van der Waals surface area contributed by atoms with E-state index in [1.165, 1.54) is 12.1 Å². The third-order valence-corrected chi connectivity index (χ3v) is 3.22. The summed E-state index contributed by atoms with van der Waals surface area (Å²) in [5.41, 5.74) is 0.352. The molecule has 2 N–H and O–H groups in total. The zero-order valence-electron chi connectivity index (χ0n) is 12.3. The number of ether oxygens (including phenoxy) is 1. The molecule has 1 aromatic carbocycles. The number of hydrogen-bond acceptors (Lipinski definition) is 4. The normalized spacial score (nSPS) is 14.0. The van der Waals surface area contributed by atoms with Gasteiger partial charge < -0.3 is 19.6 Å². The molecule has 0 aliphatic rings. The molecule has 2 unspecified atom stereocenters. The van der Waals surface area contributed by atoms with Gasteiger partial charge in [-0.15, -0.1) is 0 Å². The topological polar surface area (TPSA) is 54.6 Å². The molecule has 0 aliphatic carbocycles. The Morgan fingerprint density at radius 1 is 1.32 bits per heavy atom. The van der Waals surface area contributed by atoms with Crippen LogP contribution in [0.25, 0.3) is 0 Å². The third-order valence-electron chi connectivity index (χ3n) is 3.22. The molecule has 2 aromatic rings. The lowest BCUT2D eigenvalue weighted by Crippen LogP contribution is -2.32. The minimum absolute atomic E-state index is 0.131. The molecule has 0 bridgehead atoms. The van der Waals surface area contributed by atoms with Gasteiger partial charge in [0.05, 0.1) is 19.0 Å². The van der Waals surface area contributed by atoms with Gasteiger partial charge in [-0.25, -0.2) is 8.78 Å². The smallest absolute Gasteiger partial charge is 0.130 e. The first-order valence-electron chi connectivity index (χ1n) is 7.03. The van der Waals surface area contributed by atoms with Crippen molar-refractivity contribution < 1.29 is 23.0 Å². The molecule has 1 heterocycles. The molecule has 1 aromatic heterocycles. The molecule has 0 saturated carbocycles. The Kier molecular flexibility index (Phi) is 6.06. The van der Waals surface area contributed by atoms with Crippen molar-refractivity contribution in [1.29, 1.82) is 0 Å². The van der Waals surface area contributed by atoms with Gasteiger partial charge in [0, 0.05) is 24.2 Å². The monoisotopic (exact) mass is 311 g/mol. The summed E-state index contributed by atoms with van der Waals surface area (Å²) in [6, 6.07) is 6.64. The summed E-state index contributed by atoms with van der Waals surface area (Å²) in [6.07, 6.45) is 0.816. The van der Waals surface area contributed by atoms with E-state index in [-0.39, 0.29) is 25.8 Å². The number of furan rings is 1. The maximum Gasteiger partial charge on any atom is 0.130 e. The maximum atomic E-state index is 13.6. The molecule has 22 heavy (non-hydrogen) atoms. The fourth-order valence-electron chi connectivity index (χ4n) is 2.02. The SMILES string of the molecule is CC(NCC(O)COCc1ccco1)c1ccc(F)cc1F. The first kappa shape index (κ1) is 16.6. The van der Waals surface area contributed by atoms with Crippen LogP contribution in [0.2, 0.25) is 0 Å². The van der Waals surface area contributed by atoms with Crippen molar-refractivity contribution in [1.82, 2.24) is 5.32 Å². The van der Waals surface area contributed by atoms with E-state index >= 15 is 0 Å². The summed E-state index contributed by atoms with van der Waals surface area (Å²) in [5, 5.41) is 12.8. The van der Waals surface area contributed by atoms with Crippen molar-refractivity contribution in [2.24, 2.45) is 0 Å². The molecule has 2 atom stereocenters. The first-order chi connectivity index (χ1) is 10.6. The van der Waals surface area contributed by atoms with Crippen molar-refractivity contribution in [3.63, 3.8) is 0 Å². The highest BCUT2D eigenvalue weighted by molar-refractivity contribution is 5.21. The Hall–Kier alpha value is -1.76. The van der Waals surface area contributed by atoms with Crippen LogP contribution in [0.3, 0.4) is 0 Å². The number of aliphatic hydroxyl groups is 1. The van der Waals surface area contributed by atoms with Crippen LogP contribution in [0.4, 0.5) is 8.78 Å². The Labute approximate surface area is 127 Å². The van der Waals surface area contributed by atoms with Gasteiger partial charge in [-0.2, -0.15) is 0 Å². The zero-order chi connectivity index (χ0) is 15.9. The minimum atomic E-state index is -0.735. The third kappa shape index (κ3) is 4.91. The summed E-state index contributed by atoms with van der Waals surface area (Å²) in [4.78, 5) is 0. The number of aliphatic hydroxyl groups excluding tert-OH is 1. The van der Waals surface area contributed by atoms with E-state index in [9.17, 15) is 13.9 Å². The van der Waals surface area contributed by atoms with Crippen LogP contribution < -0.4 is 5.32 Å². The fourth-order valence-corrected chi connectivity index (χ4v) is 2.02. The summed E-state index contributed by atoms with van der Waals surface area (Å²) in [5.74, 6) is -0.537. The second-order valence-corrected chi connectivity index (χ2v) is 5.04. The lowest BCUT2D eigenvalue weighted by Gasteiger charge is -2.18. The maximum absolute atomic E-state index is 13.6. The minimum Gasteiger partial charge on any atom is -0.467 e. The Balaban J connectivity index is 1.72. The molecular formula is C16H19F2NO3. The van der Waals surface area contributed by atoms with Gasteiger partial charge >= 0.3 is 0 Å². The van der Waals surface area contributed by atoms with Crippen LogP contribution in [0, 0.1) is 11.6 Å². The molecule has 0 aliphatic heterocycles. The molecule has 0 spiro atoms. The molecule has 0 fully saturated rings. The molecule has 6 heteroatoms. The van der Waals surface area contributed by atoms with Crippen LogP contribution in [0.5, 0.6) is 0 Å². The van der Waals surface area contributed by atoms with E-state index in [0.29, 0.717) is 11.3 Å². The molecular weight excluding hydrogens is 292 g/mol. The standard InChI is InChI=1S/C16H19F2NO3/c1-11(15-5-4-12(17)7-16(15)18)19-8-13(20)9-21-10-14-3-2-6-22-14/h2-7,11,13,19-20H,8-10H2,1H3. The summed E-state index contributed by atoms with van der Waals surface area (Å²) < 4.78 is 36.9. The van der Waals surface area contributed by atoms with E-state index in [2.05, 4.69) is 5.32 Å². The predicted molar refractivity (Wildman–Crippen MR) is 77.1 cm³/mol. The highest BCUT2D eigenvalue weighted by atomic mass is 19.1. The van der Waals surface area contributed by atoms with Crippen molar-refractivity contribution in [2.45, 2.75) is 25.7 Å². The molecule has 2 rings (SSSR count). The van der Waals surface area contributed by atoms with Crippen molar-refractivity contribution in [2.75, 3.05) is 13.2 Å². The number of nitrogens with one attached hydrogen (secondary N) is 1. The van der Waals surface area contributed by atoms with Gasteiger partial charge in [0.2, 0.25) is 0 Å². The molecule has 120 valence electrons. The number of halogens is 2. The van der Waals surface area contributed by atoms with Crippen LogP contribution in [-0.4, -0.2) is 24.4 Å². The van der Waals surface area contributed by atoms with Crippen molar-refractivity contribution in [3.05, 3.63) is 59.6 Å². The van der Waals surface area contributed by atoms with Crippen molar-refractivity contribution >= 4 is 0 Å². The quantitative estimate of drug-likeness (QED) is 0.787. The Morgan fingerprint density at radius 3 is 2.82 bits per heavy atom. The Bertz CT molecular complexity index is 575. The second-order valence-electron chi connectivity index (χ2n) is 5.04. The van der Waals surface area contributed by atoms with Gasteiger partial charge in [-0.1, -0.05) is 6.07 Å². The fraction of sp³-hybridized carbons (Fsp3) is 0.375.